The molecule has 0 atom stereocenters. The summed E-state index contributed by atoms with van der Waals surface area (Å²) in [5.41, 5.74) is 3.84. The van der Waals surface area contributed by atoms with Crippen LogP contribution in [0.15, 0.2) is 50.0 Å². The molecule has 0 spiro atoms. The molecule has 0 amide bonds. The molecule has 2 aromatic carbocycles. The number of hydrogen-bond donors (Lipinski definition) is 0. The Bertz CT molecular complexity index is 1260. The lowest BCUT2D eigenvalue weighted by Gasteiger charge is -2.10. The smallest absolute Gasteiger partial charge is 0.340 e. The molecule has 136 valence electrons. The highest BCUT2D eigenvalue weighted by Crippen LogP contribution is 2.39. The van der Waals surface area contributed by atoms with E-state index in [1.807, 2.05) is 50.2 Å². The predicted molar refractivity (Wildman–Crippen MR) is 101 cm³/mol. The third kappa shape index (κ3) is 2.63. The summed E-state index contributed by atoms with van der Waals surface area (Å²) in [4.78, 5) is 23.3. The van der Waals surface area contributed by atoms with Gasteiger partial charge in [-0.1, -0.05) is 30.3 Å². The molecule has 5 nitrogen and oxygen atoms in total. The van der Waals surface area contributed by atoms with Crippen LogP contribution in [-0.4, -0.2) is 5.97 Å². The zero-order valence-corrected chi connectivity index (χ0v) is 15.2. The normalized spacial score (nSPS) is 11.4. The molecule has 0 saturated heterocycles. The molecule has 0 saturated carbocycles. The van der Waals surface area contributed by atoms with E-state index in [0.29, 0.717) is 27.7 Å². The van der Waals surface area contributed by atoms with Crippen LogP contribution in [-0.2, 0) is 11.2 Å². The van der Waals surface area contributed by atoms with Crippen molar-refractivity contribution in [3.8, 4) is 11.1 Å². The summed E-state index contributed by atoms with van der Waals surface area (Å²) in [5, 5.41) is 12.6. The number of carboxylic acid groups (broad SMARTS) is 1. The van der Waals surface area contributed by atoms with E-state index in [1.54, 1.807) is 6.92 Å². The van der Waals surface area contributed by atoms with Crippen molar-refractivity contribution in [3.63, 3.8) is 0 Å². The standard InChI is InChI=1S/C22H18O5/c1-11-15-9-17-19(14-7-5-4-6-8-14)13(3)26-21(17)12(2)20(15)27-22(25)16(11)10-18(23)24/h4-9H,10H2,1-3H3,(H,23,24)/p-1. The van der Waals surface area contributed by atoms with Crippen LogP contribution in [0, 0.1) is 20.8 Å². The van der Waals surface area contributed by atoms with Gasteiger partial charge in [-0.3, -0.25) is 0 Å². The van der Waals surface area contributed by atoms with E-state index in [-0.39, 0.29) is 5.56 Å². The van der Waals surface area contributed by atoms with Crippen LogP contribution in [0.25, 0.3) is 33.1 Å². The van der Waals surface area contributed by atoms with Gasteiger partial charge in [0.1, 0.15) is 16.9 Å². The molecule has 0 fully saturated rings. The van der Waals surface area contributed by atoms with Gasteiger partial charge in [-0.2, -0.15) is 0 Å². The van der Waals surface area contributed by atoms with E-state index in [9.17, 15) is 14.7 Å². The number of hydrogen-bond acceptors (Lipinski definition) is 5. The van der Waals surface area contributed by atoms with E-state index in [4.69, 9.17) is 8.83 Å². The SMILES string of the molecule is Cc1oc2c(C)c3oc(=O)c(CC(=O)[O-])c(C)c3cc2c1-c1ccccc1. The monoisotopic (exact) mass is 361 g/mol. The van der Waals surface area contributed by atoms with Gasteiger partial charge in [-0.15, -0.1) is 0 Å². The van der Waals surface area contributed by atoms with Crippen molar-refractivity contribution in [2.24, 2.45) is 0 Å². The molecule has 0 radical (unpaired) electrons. The van der Waals surface area contributed by atoms with Gasteiger partial charge >= 0.3 is 5.63 Å². The second-order valence-corrected chi connectivity index (χ2v) is 6.70. The number of carbonyl (C=O) groups is 1. The first-order chi connectivity index (χ1) is 12.9. The predicted octanol–water partition coefficient (Wildman–Crippen LogP) is 3.42. The van der Waals surface area contributed by atoms with E-state index >= 15 is 0 Å². The zero-order valence-electron chi connectivity index (χ0n) is 15.2. The fraction of sp³-hybridized carbons (Fsp3) is 0.182. The maximum atomic E-state index is 12.3. The molecule has 27 heavy (non-hydrogen) atoms. The number of rotatable bonds is 3. The Balaban J connectivity index is 2.12. The van der Waals surface area contributed by atoms with Gasteiger partial charge in [0.25, 0.3) is 0 Å². The van der Waals surface area contributed by atoms with Gasteiger partial charge in [0.05, 0.1) is 0 Å². The molecular formula is C22H17O5-. The molecule has 2 aromatic heterocycles. The van der Waals surface area contributed by atoms with Crippen LogP contribution >= 0.6 is 0 Å². The fourth-order valence-corrected chi connectivity index (χ4v) is 3.69. The molecule has 4 rings (SSSR count). The van der Waals surface area contributed by atoms with Crippen LogP contribution < -0.4 is 10.7 Å². The van der Waals surface area contributed by atoms with E-state index in [2.05, 4.69) is 0 Å². The van der Waals surface area contributed by atoms with Crippen LogP contribution in [0.1, 0.15) is 22.5 Å². The summed E-state index contributed by atoms with van der Waals surface area (Å²) in [6, 6.07) is 11.8. The van der Waals surface area contributed by atoms with Gasteiger partial charge in [0, 0.05) is 39.9 Å². The van der Waals surface area contributed by atoms with Crippen LogP contribution in [0.4, 0.5) is 0 Å². The van der Waals surface area contributed by atoms with Crippen molar-refractivity contribution in [1.82, 2.24) is 0 Å². The Morgan fingerprint density at radius 1 is 0.963 bits per heavy atom. The number of furan rings is 1. The third-order valence-corrected chi connectivity index (χ3v) is 5.02. The van der Waals surface area contributed by atoms with Crippen molar-refractivity contribution in [2.75, 3.05) is 0 Å². The second kappa shape index (κ2) is 6.13. The average Bonchev–Trinajstić information content (AvgIpc) is 2.97. The van der Waals surface area contributed by atoms with Crippen molar-refractivity contribution in [2.45, 2.75) is 27.2 Å². The molecule has 2 heterocycles. The summed E-state index contributed by atoms with van der Waals surface area (Å²) >= 11 is 0. The van der Waals surface area contributed by atoms with Gasteiger partial charge < -0.3 is 18.7 Å². The largest absolute Gasteiger partial charge is 0.550 e. The Labute approximate surface area is 154 Å². The maximum Gasteiger partial charge on any atom is 0.340 e. The molecule has 0 aliphatic carbocycles. The maximum absolute atomic E-state index is 12.3. The number of aliphatic carboxylic acids is 1. The number of carboxylic acids is 1. The molecule has 0 unspecified atom stereocenters. The topological polar surface area (TPSA) is 83.5 Å². The lowest BCUT2D eigenvalue weighted by atomic mass is 9.96. The Kier molecular flexibility index (Phi) is 3.88. The summed E-state index contributed by atoms with van der Waals surface area (Å²) in [6.07, 6.45) is -0.475. The molecule has 0 N–H and O–H groups in total. The Morgan fingerprint density at radius 3 is 2.30 bits per heavy atom. The molecular weight excluding hydrogens is 344 g/mol. The summed E-state index contributed by atoms with van der Waals surface area (Å²) < 4.78 is 11.5. The fourth-order valence-electron chi connectivity index (χ4n) is 3.69. The molecule has 0 aliphatic heterocycles. The summed E-state index contributed by atoms with van der Waals surface area (Å²) in [6.45, 7) is 5.47. The number of fused-ring (bicyclic) bond motifs is 2. The molecule has 4 aromatic rings. The Hall–Kier alpha value is -3.34. The van der Waals surface area contributed by atoms with Gasteiger partial charge in [-0.05, 0) is 38.0 Å². The third-order valence-electron chi connectivity index (χ3n) is 5.02. The lowest BCUT2D eigenvalue weighted by Crippen LogP contribution is -2.27. The van der Waals surface area contributed by atoms with Crippen molar-refractivity contribution in [3.05, 3.63) is 69.3 Å². The van der Waals surface area contributed by atoms with E-state index in [1.165, 1.54) is 0 Å². The molecule has 0 bridgehead atoms. The minimum absolute atomic E-state index is 0.114. The number of benzene rings is 2. The first-order valence-electron chi connectivity index (χ1n) is 8.62. The van der Waals surface area contributed by atoms with Crippen LogP contribution in [0.3, 0.4) is 0 Å². The van der Waals surface area contributed by atoms with Gasteiger partial charge in [-0.25, -0.2) is 4.79 Å². The second-order valence-electron chi connectivity index (χ2n) is 6.70. The van der Waals surface area contributed by atoms with Gasteiger partial charge in [0.2, 0.25) is 0 Å². The average molecular weight is 361 g/mol. The zero-order chi connectivity index (χ0) is 19.3. The van der Waals surface area contributed by atoms with E-state index in [0.717, 1.165) is 22.3 Å². The van der Waals surface area contributed by atoms with Crippen LogP contribution in [0.5, 0.6) is 0 Å². The van der Waals surface area contributed by atoms with Gasteiger partial charge in [0.15, 0.2) is 0 Å². The Morgan fingerprint density at radius 2 is 1.63 bits per heavy atom. The molecule has 0 aliphatic rings. The summed E-state index contributed by atoms with van der Waals surface area (Å²) in [5.74, 6) is -0.545. The summed E-state index contributed by atoms with van der Waals surface area (Å²) in [7, 11) is 0. The highest BCUT2D eigenvalue weighted by molar-refractivity contribution is 6.05. The molecule has 5 heteroatoms. The minimum atomic E-state index is -1.31. The van der Waals surface area contributed by atoms with Crippen LogP contribution in [0.2, 0.25) is 0 Å². The van der Waals surface area contributed by atoms with Crippen molar-refractivity contribution in [1.29, 1.82) is 0 Å². The quantitative estimate of drug-likeness (QED) is 0.522. The minimum Gasteiger partial charge on any atom is -0.550 e. The van der Waals surface area contributed by atoms with Crippen molar-refractivity contribution < 1.29 is 18.7 Å². The van der Waals surface area contributed by atoms with E-state index < -0.39 is 18.0 Å². The number of aryl methyl sites for hydroxylation is 3. The number of carbonyl (C=O) groups excluding carboxylic acids is 1. The van der Waals surface area contributed by atoms with Crippen molar-refractivity contribution >= 4 is 27.9 Å². The lowest BCUT2D eigenvalue weighted by molar-refractivity contribution is -0.304. The highest BCUT2D eigenvalue weighted by Gasteiger charge is 2.20. The highest BCUT2D eigenvalue weighted by atomic mass is 16.4. The first kappa shape index (κ1) is 17.1. The first-order valence-corrected chi connectivity index (χ1v) is 8.62.